The second-order valence-electron chi connectivity index (χ2n) is 8.16. The summed E-state index contributed by atoms with van der Waals surface area (Å²) in [4.78, 5) is 7.74. The number of allylic oxidation sites excluding steroid dienone is 4. The highest BCUT2D eigenvalue weighted by Crippen LogP contribution is 2.30. The lowest BCUT2D eigenvalue weighted by atomic mass is 9.84. The lowest BCUT2D eigenvalue weighted by Crippen LogP contribution is -2.23. The minimum Gasteiger partial charge on any atom is -0.338 e. The van der Waals surface area contributed by atoms with E-state index in [0.29, 0.717) is 17.1 Å². The lowest BCUT2D eigenvalue weighted by molar-refractivity contribution is 0.402. The molecule has 0 spiro atoms. The van der Waals surface area contributed by atoms with Crippen molar-refractivity contribution in [2.75, 3.05) is 5.75 Å². The van der Waals surface area contributed by atoms with E-state index >= 15 is 0 Å². The second kappa shape index (κ2) is 10.8. The normalized spacial score (nSPS) is 17.8. The molecule has 1 heterocycles. The number of rotatable bonds is 6. The predicted octanol–water partition coefficient (Wildman–Crippen LogP) is 6.05. The van der Waals surface area contributed by atoms with Crippen LogP contribution >= 0.6 is 12.6 Å². The van der Waals surface area contributed by atoms with Gasteiger partial charge in [-0.2, -0.15) is 12.6 Å². The summed E-state index contributed by atoms with van der Waals surface area (Å²) in [5, 5.41) is 1.70. The number of imidazole rings is 1. The number of aromatic nitrogens is 2. The van der Waals surface area contributed by atoms with Gasteiger partial charge in [0.05, 0.1) is 16.3 Å². The third kappa shape index (κ3) is 5.54. The van der Waals surface area contributed by atoms with Crippen molar-refractivity contribution in [3.8, 4) is 11.4 Å². The molecule has 4 heteroatoms. The topological polar surface area (TPSA) is 28.7 Å². The van der Waals surface area contributed by atoms with Gasteiger partial charge in [-0.05, 0) is 75.3 Å². The van der Waals surface area contributed by atoms with Gasteiger partial charge in [-0.25, -0.2) is 9.37 Å². The Balaban J connectivity index is 1.76. The van der Waals surface area contributed by atoms with Crippen LogP contribution in [0.25, 0.3) is 29.1 Å². The van der Waals surface area contributed by atoms with E-state index in [4.69, 9.17) is 0 Å². The molecule has 1 aliphatic rings. The van der Waals surface area contributed by atoms with Crippen molar-refractivity contribution in [2.24, 2.45) is 5.92 Å². The first-order valence-corrected chi connectivity index (χ1v) is 11.6. The fraction of sp³-hybridized carbons (Fsp3) is 0.423. The van der Waals surface area contributed by atoms with Gasteiger partial charge in [0.25, 0.3) is 0 Å². The van der Waals surface area contributed by atoms with Crippen LogP contribution in [0.15, 0.2) is 35.9 Å². The number of nitrogens with zero attached hydrogens (tertiary/aromatic N) is 1. The molecule has 1 saturated carbocycles. The van der Waals surface area contributed by atoms with Crippen LogP contribution < -0.4 is 10.7 Å². The maximum Gasteiger partial charge on any atom is 0.141 e. The number of halogens is 1. The number of hydrogen-bond acceptors (Lipinski definition) is 2. The lowest BCUT2D eigenvalue weighted by Gasteiger charge is -2.22. The van der Waals surface area contributed by atoms with Gasteiger partial charge in [0.1, 0.15) is 11.6 Å². The second-order valence-corrected chi connectivity index (χ2v) is 8.53. The van der Waals surface area contributed by atoms with Gasteiger partial charge in [0.2, 0.25) is 0 Å². The molecule has 1 aliphatic carbocycles. The Kier molecular flexibility index (Phi) is 8.15. The highest BCUT2D eigenvalue weighted by Gasteiger charge is 2.14. The highest BCUT2D eigenvalue weighted by atomic mass is 32.1. The van der Waals surface area contributed by atoms with Crippen molar-refractivity contribution in [3.63, 3.8) is 0 Å². The molecule has 1 N–H and O–H groups in total. The molecule has 2 aromatic rings. The zero-order chi connectivity index (χ0) is 21.5. The van der Waals surface area contributed by atoms with Gasteiger partial charge in [-0.3, -0.25) is 0 Å². The fourth-order valence-electron chi connectivity index (χ4n) is 4.21. The number of benzene rings is 1. The maximum absolute atomic E-state index is 14.9. The molecule has 3 rings (SSSR count). The van der Waals surface area contributed by atoms with Crippen LogP contribution in [0.1, 0.15) is 64.9 Å². The molecule has 0 saturated heterocycles. The molecule has 2 nitrogen and oxygen atoms in total. The van der Waals surface area contributed by atoms with Crippen molar-refractivity contribution in [2.45, 2.75) is 59.3 Å². The molecule has 30 heavy (non-hydrogen) atoms. The van der Waals surface area contributed by atoms with Crippen LogP contribution in [0.4, 0.5) is 4.39 Å². The van der Waals surface area contributed by atoms with Crippen LogP contribution in [0, 0.1) is 11.7 Å². The minimum absolute atomic E-state index is 0.261. The Morgan fingerprint density at radius 3 is 2.63 bits per heavy atom. The molecule has 1 fully saturated rings. The average molecular weight is 425 g/mol. The summed E-state index contributed by atoms with van der Waals surface area (Å²) in [5.74, 6) is 1.64. The SMILES string of the molecule is C/C=c1/nc(-c2ccc(/C(C)=C/C/C=C(\C)C3CCCCC3)cc2F)[nH]/c1=C/CS. The molecule has 0 bridgehead atoms. The molecule has 160 valence electrons. The van der Waals surface area contributed by atoms with E-state index < -0.39 is 0 Å². The number of aromatic amines is 1. The minimum atomic E-state index is -0.261. The summed E-state index contributed by atoms with van der Waals surface area (Å²) in [6, 6.07) is 5.40. The van der Waals surface area contributed by atoms with Crippen LogP contribution in [0.3, 0.4) is 0 Å². The highest BCUT2D eigenvalue weighted by molar-refractivity contribution is 7.80. The standard InChI is InChI=1S/C26H33FN2S/c1-4-24-25(15-16-30)29-26(28-24)22-14-13-21(17-23(22)27)19(3)10-8-9-18(2)20-11-6-5-7-12-20/h4,9-10,13-15,17,20,30H,5-8,11-12,16H2,1-3H3,(H,28,29)/b18-9+,19-10+,24-4+,25-15+. The van der Waals surface area contributed by atoms with E-state index in [-0.39, 0.29) is 5.82 Å². The van der Waals surface area contributed by atoms with E-state index in [1.54, 1.807) is 6.07 Å². The molecular formula is C26H33FN2S. The molecule has 0 radical (unpaired) electrons. The van der Waals surface area contributed by atoms with Crippen molar-refractivity contribution in [1.82, 2.24) is 9.97 Å². The number of H-pyrrole nitrogens is 1. The largest absolute Gasteiger partial charge is 0.338 e. The molecule has 0 aliphatic heterocycles. The first-order chi connectivity index (χ1) is 14.5. The third-order valence-corrected chi connectivity index (χ3v) is 6.31. The van der Waals surface area contributed by atoms with Crippen molar-refractivity contribution >= 4 is 30.4 Å². The van der Waals surface area contributed by atoms with E-state index in [0.717, 1.165) is 34.2 Å². The summed E-state index contributed by atoms with van der Waals surface area (Å²) in [7, 11) is 0. The van der Waals surface area contributed by atoms with Crippen LogP contribution in [-0.4, -0.2) is 15.7 Å². The Labute approximate surface area is 185 Å². The average Bonchev–Trinajstić information content (AvgIpc) is 3.17. The van der Waals surface area contributed by atoms with Gasteiger partial charge < -0.3 is 4.98 Å². The van der Waals surface area contributed by atoms with E-state index in [9.17, 15) is 4.39 Å². The van der Waals surface area contributed by atoms with Gasteiger partial charge in [-0.1, -0.05) is 49.1 Å². The third-order valence-electron chi connectivity index (χ3n) is 6.12. The Morgan fingerprint density at radius 2 is 1.97 bits per heavy atom. The molecular weight excluding hydrogens is 391 g/mol. The molecule has 1 aromatic carbocycles. The van der Waals surface area contributed by atoms with Crippen molar-refractivity contribution < 1.29 is 4.39 Å². The Hall–Kier alpha value is -2.07. The van der Waals surface area contributed by atoms with Crippen molar-refractivity contribution in [1.29, 1.82) is 0 Å². The zero-order valence-electron chi connectivity index (χ0n) is 18.3. The summed E-state index contributed by atoms with van der Waals surface area (Å²) in [5.41, 5.74) is 4.01. The van der Waals surface area contributed by atoms with Gasteiger partial charge in [-0.15, -0.1) is 0 Å². The van der Waals surface area contributed by atoms with Crippen LogP contribution in [-0.2, 0) is 0 Å². The first kappa shape index (κ1) is 22.6. The number of nitrogens with one attached hydrogen (secondary N) is 1. The van der Waals surface area contributed by atoms with Gasteiger partial charge >= 0.3 is 0 Å². The van der Waals surface area contributed by atoms with Crippen molar-refractivity contribution in [3.05, 3.63) is 58.0 Å². The first-order valence-electron chi connectivity index (χ1n) is 11.0. The van der Waals surface area contributed by atoms with E-state index in [2.05, 4.69) is 48.6 Å². The smallest absolute Gasteiger partial charge is 0.141 e. The summed E-state index contributed by atoms with van der Waals surface area (Å²) in [6.45, 7) is 6.24. The van der Waals surface area contributed by atoms with Crippen LogP contribution in [0.2, 0.25) is 0 Å². The molecule has 0 amide bonds. The molecule has 1 aromatic heterocycles. The van der Waals surface area contributed by atoms with Crippen LogP contribution in [0.5, 0.6) is 0 Å². The summed E-state index contributed by atoms with van der Waals surface area (Å²) < 4.78 is 14.9. The maximum atomic E-state index is 14.9. The quantitative estimate of drug-likeness (QED) is 0.429. The number of hydrogen-bond donors (Lipinski definition) is 2. The number of thiol groups is 1. The fourth-order valence-corrected chi connectivity index (χ4v) is 4.39. The Morgan fingerprint density at radius 1 is 1.20 bits per heavy atom. The zero-order valence-corrected chi connectivity index (χ0v) is 19.2. The summed E-state index contributed by atoms with van der Waals surface area (Å²) >= 11 is 4.24. The van der Waals surface area contributed by atoms with Gasteiger partial charge in [0.15, 0.2) is 0 Å². The monoisotopic (exact) mass is 424 g/mol. The predicted molar refractivity (Wildman–Crippen MR) is 130 cm³/mol. The van der Waals surface area contributed by atoms with Gasteiger partial charge in [0, 0.05) is 5.75 Å². The summed E-state index contributed by atoms with van der Waals surface area (Å²) in [6.07, 6.45) is 16.0. The molecule has 0 unspecified atom stereocenters. The molecule has 0 atom stereocenters. The van der Waals surface area contributed by atoms with E-state index in [1.807, 2.05) is 31.2 Å². The van der Waals surface area contributed by atoms with E-state index in [1.165, 1.54) is 37.7 Å². The Bertz CT molecular complexity index is 1040.